The molecule has 1 unspecified atom stereocenters. The van der Waals surface area contributed by atoms with Crippen LogP contribution >= 0.6 is 15.9 Å². The molecule has 0 spiro atoms. The van der Waals surface area contributed by atoms with Crippen molar-refractivity contribution in [3.8, 4) is 0 Å². The molecule has 1 aliphatic heterocycles. The second-order valence-electron chi connectivity index (χ2n) is 5.14. The highest BCUT2D eigenvalue weighted by Crippen LogP contribution is 2.40. The zero-order chi connectivity index (χ0) is 15.0. The van der Waals surface area contributed by atoms with Gasteiger partial charge in [0.1, 0.15) is 0 Å². The summed E-state index contributed by atoms with van der Waals surface area (Å²) in [6.07, 6.45) is 3.54. The van der Waals surface area contributed by atoms with E-state index in [4.69, 9.17) is 0 Å². The topological polar surface area (TPSA) is 59.3 Å². The molecule has 0 radical (unpaired) electrons. The standard InChI is InChI=1S/C15H14BrN3O2/c1-10-6-7-11-4-2-3-5-13(11)18(10)15-14(19(20)21)8-12(16)9-17-15/h2-5,8-10H,6-7H2,1H3. The highest BCUT2D eigenvalue weighted by atomic mass is 79.9. The highest BCUT2D eigenvalue weighted by molar-refractivity contribution is 9.10. The van der Waals surface area contributed by atoms with Crippen LogP contribution < -0.4 is 4.90 Å². The van der Waals surface area contributed by atoms with Crippen LogP contribution in [0.15, 0.2) is 41.0 Å². The van der Waals surface area contributed by atoms with Crippen molar-refractivity contribution in [3.63, 3.8) is 0 Å². The smallest absolute Gasteiger partial charge is 0.313 e. The number of fused-ring (bicyclic) bond motifs is 1. The fraction of sp³-hybridized carbons (Fsp3) is 0.267. The van der Waals surface area contributed by atoms with Gasteiger partial charge >= 0.3 is 5.69 Å². The number of nitrogens with zero attached hydrogens (tertiary/aromatic N) is 3. The third-order valence-corrected chi connectivity index (χ3v) is 4.20. The number of benzene rings is 1. The highest BCUT2D eigenvalue weighted by Gasteiger charge is 2.30. The van der Waals surface area contributed by atoms with Crippen molar-refractivity contribution in [3.05, 3.63) is 56.7 Å². The normalized spacial score (nSPS) is 17.4. The summed E-state index contributed by atoms with van der Waals surface area (Å²) in [6, 6.07) is 9.70. The Labute approximate surface area is 130 Å². The Morgan fingerprint density at radius 1 is 1.43 bits per heavy atom. The summed E-state index contributed by atoms with van der Waals surface area (Å²) >= 11 is 3.25. The Kier molecular flexibility index (Phi) is 3.63. The molecule has 0 N–H and O–H groups in total. The summed E-state index contributed by atoms with van der Waals surface area (Å²) in [6.45, 7) is 2.07. The quantitative estimate of drug-likeness (QED) is 0.602. The Hall–Kier alpha value is -1.95. The minimum Gasteiger partial charge on any atom is -0.318 e. The predicted octanol–water partition coefficient (Wildman–Crippen LogP) is 4.23. The van der Waals surface area contributed by atoms with Crippen LogP contribution in [0.2, 0.25) is 0 Å². The molecule has 3 rings (SSSR count). The zero-order valence-electron chi connectivity index (χ0n) is 11.5. The van der Waals surface area contributed by atoms with Crippen molar-refractivity contribution >= 4 is 33.1 Å². The third kappa shape index (κ3) is 2.51. The van der Waals surface area contributed by atoms with Crippen molar-refractivity contribution in [2.45, 2.75) is 25.8 Å². The van der Waals surface area contributed by atoms with E-state index >= 15 is 0 Å². The SMILES string of the molecule is CC1CCc2ccccc2N1c1ncc(Br)cc1[N+](=O)[O-]. The van der Waals surface area contributed by atoms with Crippen LogP contribution in [-0.4, -0.2) is 15.9 Å². The van der Waals surface area contributed by atoms with Gasteiger partial charge in [-0.25, -0.2) is 4.98 Å². The number of hydrogen-bond donors (Lipinski definition) is 0. The number of pyridine rings is 1. The maximum absolute atomic E-state index is 11.4. The van der Waals surface area contributed by atoms with Gasteiger partial charge in [-0.2, -0.15) is 0 Å². The molecular formula is C15H14BrN3O2. The summed E-state index contributed by atoms with van der Waals surface area (Å²) in [5.74, 6) is 0.405. The number of rotatable bonds is 2. The maximum Gasteiger partial charge on any atom is 0.313 e. The van der Waals surface area contributed by atoms with E-state index < -0.39 is 0 Å². The third-order valence-electron chi connectivity index (χ3n) is 3.76. The van der Waals surface area contributed by atoms with Crippen LogP contribution in [-0.2, 0) is 6.42 Å². The molecule has 6 heteroatoms. The zero-order valence-corrected chi connectivity index (χ0v) is 13.1. The first kappa shape index (κ1) is 14.0. The molecule has 0 aliphatic carbocycles. The van der Waals surface area contributed by atoms with Crippen LogP contribution in [0.25, 0.3) is 0 Å². The van der Waals surface area contributed by atoms with Crippen molar-refractivity contribution in [1.29, 1.82) is 0 Å². The lowest BCUT2D eigenvalue weighted by Crippen LogP contribution is -2.34. The first-order chi connectivity index (χ1) is 10.1. The average molecular weight is 348 g/mol. The van der Waals surface area contributed by atoms with E-state index in [1.807, 2.05) is 23.1 Å². The second kappa shape index (κ2) is 5.44. The van der Waals surface area contributed by atoms with E-state index in [-0.39, 0.29) is 16.7 Å². The average Bonchev–Trinajstić information content (AvgIpc) is 2.47. The maximum atomic E-state index is 11.4. The molecule has 1 aromatic carbocycles. The summed E-state index contributed by atoms with van der Waals surface area (Å²) < 4.78 is 0.607. The number of para-hydroxylation sites is 1. The van der Waals surface area contributed by atoms with E-state index in [0.717, 1.165) is 18.5 Å². The summed E-state index contributed by atoms with van der Waals surface area (Å²) in [5.41, 5.74) is 2.23. The van der Waals surface area contributed by atoms with E-state index in [2.05, 4.69) is 33.9 Å². The first-order valence-electron chi connectivity index (χ1n) is 6.75. The van der Waals surface area contributed by atoms with Crippen LogP contribution in [0, 0.1) is 10.1 Å². The van der Waals surface area contributed by atoms with Gasteiger partial charge in [0.25, 0.3) is 0 Å². The predicted molar refractivity (Wildman–Crippen MR) is 85.0 cm³/mol. The number of nitro groups is 1. The number of anilines is 2. The Morgan fingerprint density at radius 3 is 2.95 bits per heavy atom. The van der Waals surface area contributed by atoms with Gasteiger partial charge in [-0.15, -0.1) is 0 Å². The Morgan fingerprint density at radius 2 is 2.19 bits per heavy atom. The Bertz CT molecular complexity index is 705. The molecule has 0 amide bonds. The largest absolute Gasteiger partial charge is 0.318 e. The van der Waals surface area contributed by atoms with Crippen molar-refractivity contribution in [2.24, 2.45) is 0 Å². The summed E-state index contributed by atoms with van der Waals surface area (Å²) in [7, 11) is 0. The van der Waals surface area contributed by atoms with E-state index in [1.54, 1.807) is 6.20 Å². The molecular weight excluding hydrogens is 334 g/mol. The fourth-order valence-corrected chi connectivity index (χ4v) is 3.07. The van der Waals surface area contributed by atoms with Crippen molar-refractivity contribution in [1.82, 2.24) is 4.98 Å². The number of halogens is 1. The number of hydrogen-bond acceptors (Lipinski definition) is 4. The molecule has 0 bridgehead atoms. The monoisotopic (exact) mass is 347 g/mol. The van der Waals surface area contributed by atoms with Gasteiger partial charge in [0, 0.05) is 28.5 Å². The van der Waals surface area contributed by atoms with Crippen LogP contribution in [0.5, 0.6) is 0 Å². The summed E-state index contributed by atoms with van der Waals surface area (Å²) in [5, 5.41) is 11.4. The Balaban J connectivity index is 2.18. The number of aryl methyl sites for hydroxylation is 1. The van der Waals surface area contributed by atoms with Gasteiger partial charge in [-0.05, 0) is 47.3 Å². The number of aromatic nitrogens is 1. The molecule has 1 aliphatic rings. The van der Waals surface area contributed by atoms with Gasteiger partial charge in [0.15, 0.2) is 0 Å². The lowest BCUT2D eigenvalue weighted by atomic mass is 9.96. The van der Waals surface area contributed by atoms with Gasteiger partial charge in [-0.3, -0.25) is 10.1 Å². The van der Waals surface area contributed by atoms with Gasteiger partial charge < -0.3 is 4.90 Å². The minimum absolute atomic E-state index is 0.0212. The summed E-state index contributed by atoms with van der Waals surface area (Å²) in [4.78, 5) is 17.3. The molecule has 5 nitrogen and oxygen atoms in total. The second-order valence-corrected chi connectivity index (χ2v) is 6.06. The van der Waals surface area contributed by atoms with Gasteiger partial charge in [0.2, 0.25) is 5.82 Å². The molecule has 0 saturated heterocycles. The minimum atomic E-state index is -0.378. The molecule has 108 valence electrons. The molecule has 0 saturated carbocycles. The molecule has 2 aromatic rings. The molecule has 1 aromatic heterocycles. The van der Waals surface area contributed by atoms with Crippen molar-refractivity contribution < 1.29 is 4.92 Å². The van der Waals surface area contributed by atoms with E-state index in [9.17, 15) is 10.1 Å². The molecule has 2 heterocycles. The first-order valence-corrected chi connectivity index (χ1v) is 7.54. The van der Waals surface area contributed by atoms with E-state index in [0.29, 0.717) is 10.3 Å². The molecule has 0 fully saturated rings. The van der Waals surface area contributed by atoms with Crippen LogP contribution in [0.4, 0.5) is 17.2 Å². The van der Waals surface area contributed by atoms with Crippen LogP contribution in [0.1, 0.15) is 18.9 Å². The van der Waals surface area contributed by atoms with Crippen molar-refractivity contribution in [2.75, 3.05) is 4.90 Å². The van der Waals surface area contributed by atoms with E-state index in [1.165, 1.54) is 11.6 Å². The fourth-order valence-electron chi connectivity index (χ4n) is 2.75. The van der Waals surface area contributed by atoms with Gasteiger partial charge in [0.05, 0.1) is 4.92 Å². The lowest BCUT2D eigenvalue weighted by molar-refractivity contribution is -0.384. The molecule has 1 atom stereocenters. The van der Waals surface area contributed by atoms with Gasteiger partial charge in [-0.1, -0.05) is 18.2 Å². The van der Waals surface area contributed by atoms with Crippen LogP contribution in [0.3, 0.4) is 0 Å². The molecule has 21 heavy (non-hydrogen) atoms. The lowest BCUT2D eigenvalue weighted by Gasteiger charge is -2.35.